The van der Waals surface area contributed by atoms with Crippen LogP contribution in [0.15, 0.2) is 53.9 Å². The fraction of sp³-hybridized carbons (Fsp3) is 0.440. The van der Waals surface area contributed by atoms with Crippen LogP contribution in [-0.4, -0.2) is 15.0 Å². The van der Waals surface area contributed by atoms with Crippen LogP contribution in [0.1, 0.15) is 81.5 Å². The third kappa shape index (κ3) is 4.92. The fourth-order valence-corrected chi connectivity index (χ4v) is 5.57. The van der Waals surface area contributed by atoms with Gasteiger partial charge < -0.3 is 0 Å². The van der Waals surface area contributed by atoms with Gasteiger partial charge in [0, 0.05) is 0 Å². The molecule has 0 saturated heterocycles. The van der Waals surface area contributed by atoms with E-state index in [1.807, 2.05) is 31.2 Å². The number of nitrogens with zero attached hydrogens (tertiary/aromatic N) is 1. The van der Waals surface area contributed by atoms with Crippen molar-refractivity contribution in [1.82, 2.24) is 0 Å². The summed E-state index contributed by atoms with van der Waals surface area (Å²) in [5.41, 5.74) is 4.72. The maximum absolute atomic E-state index is 14.0. The molecule has 2 aromatic carbocycles. The lowest BCUT2D eigenvalue weighted by Gasteiger charge is -2.29. The highest BCUT2D eigenvalue weighted by Gasteiger charge is 2.31. The molecular formula is C25H35NO2S. The van der Waals surface area contributed by atoms with Crippen molar-refractivity contribution in [2.45, 2.75) is 71.1 Å². The van der Waals surface area contributed by atoms with Crippen LogP contribution in [0.25, 0.3) is 0 Å². The van der Waals surface area contributed by atoms with E-state index in [4.69, 9.17) is 0 Å². The van der Waals surface area contributed by atoms with Gasteiger partial charge >= 0.3 is 0 Å². The molecule has 0 radical (unpaired) electrons. The molecule has 0 aromatic heterocycles. The molecule has 0 aliphatic heterocycles. The van der Waals surface area contributed by atoms with E-state index in [0.29, 0.717) is 16.5 Å². The van der Waals surface area contributed by atoms with Gasteiger partial charge in [0.2, 0.25) is 0 Å². The van der Waals surface area contributed by atoms with Crippen molar-refractivity contribution in [1.29, 1.82) is 0 Å². The minimum atomic E-state index is -3.76. The van der Waals surface area contributed by atoms with E-state index in [1.54, 1.807) is 6.08 Å². The highest BCUT2D eigenvalue weighted by Crippen LogP contribution is 2.37. The van der Waals surface area contributed by atoms with E-state index in [0.717, 1.165) is 16.7 Å². The molecule has 0 amide bonds. The zero-order valence-corrected chi connectivity index (χ0v) is 19.7. The van der Waals surface area contributed by atoms with E-state index >= 15 is 0 Å². The van der Waals surface area contributed by atoms with Crippen LogP contribution < -0.4 is 4.31 Å². The van der Waals surface area contributed by atoms with Crippen molar-refractivity contribution in [3.63, 3.8) is 0 Å². The van der Waals surface area contributed by atoms with Gasteiger partial charge in [-0.1, -0.05) is 77.4 Å². The highest BCUT2D eigenvalue weighted by atomic mass is 32.2. The molecule has 0 fully saturated rings. The van der Waals surface area contributed by atoms with E-state index < -0.39 is 10.0 Å². The quantitative estimate of drug-likeness (QED) is 0.449. The second kappa shape index (κ2) is 9.17. The molecule has 0 aliphatic rings. The van der Waals surface area contributed by atoms with Crippen LogP contribution in [0.4, 0.5) is 5.69 Å². The van der Waals surface area contributed by atoms with Crippen LogP contribution in [0, 0.1) is 6.92 Å². The van der Waals surface area contributed by atoms with Crippen molar-refractivity contribution < 1.29 is 8.42 Å². The third-order valence-corrected chi connectivity index (χ3v) is 7.17. The van der Waals surface area contributed by atoms with Gasteiger partial charge in [0.05, 0.1) is 17.1 Å². The summed E-state index contributed by atoms with van der Waals surface area (Å²) in [7, 11) is -3.76. The molecule has 4 heteroatoms. The first-order valence-electron chi connectivity index (χ1n) is 10.4. The molecule has 29 heavy (non-hydrogen) atoms. The maximum Gasteiger partial charge on any atom is 0.265 e. The highest BCUT2D eigenvalue weighted by molar-refractivity contribution is 7.93. The topological polar surface area (TPSA) is 37.4 Å². The molecule has 0 unspecified atom stereocenters. The molecule has 0 atom stereocenters. The lowest BCUT2D eigenvalue weighted by Crippen LogP contribution is -2.33. The Hall–Kier alpha value is -2.07. The Labute approximate surface area is 177 Å². The Kier molecular flexibility index (Phi) is 7.34. The van der Waals surface area contributed by atoms with Crippen LogP contribution in [0.5, 0.6) is 0 Å². The number of aryl methyl sites for hydroxylation is 1. The summed E-state index contributed by atoms with van der Waals surface area (Å²) in [5.74, 6) is 0.530. The van der Waals surface area contributed by atoms with Gasteiger partial charge in [-0.05, 0) is 53.5 Å². The van der Waals surface area contributed by atoms with Crippen molar-refractivity contribution in [3.05, 3.63) is 71.3 Å². The monoisotopic (exact) mass is 413 g/mol. The summed E-state index contributed by atoms with van der Waals surface area (Å²) in [6, 6.07) is 11.8. The SMILES string of the molecule is C=CCN(c1ccc(C)cc1)S(=O)(=O)c1c(C(C)C)cc(C(C)C)cc1C(C)C. The van der Waals surface area contributed by atoms with Crippen LogP contribution in [-0.2, 0) is 10.0 Å². The van der Waals surface area contributed by atoms with Crippen LogP contribution >= 0.6 is 0 Å². The number of benzene rings is 2. The number of rotatable bonds is 8. The predicted octanol–water partition coefficient (Wildman–Crippen LogP) is 6.75. The van der Waals surface area contributed by atoms with Crippen LogP contribution in [0.2, 0.25) is 0 Å². The lowest BCUT2D eigenvalue weighted by atomic mass is 9.89. The first-order chi connectivity index (χ1) is 13.5. The zero-order valence-electron chi connectivity index (χ0n) is 18.9. The van der Waals surface area contributed by atoms with E-state index in [-0.39, 0.29) is 18.4 Å². The summed E-state index contributed by atoms with van der Waals surface area (Å²) < 4.78 is 29.5. The number of hydrogen-bond donors (Lipinski definition) is 0. The molecule has 0 N–H and O–H groups in total. The number of hydrogen-bond acceptors (Lipinski definition) is 2. The predicted molar refractivity (Wildman–Crippen MR) is 125 cm³/mol. The normalized spacial score (nSPS) is 12.1. The third-order valence-electron chi connectivity index (χ3n) is 5.24. The van der Waals surface area contributed by atoms with Gasteiger partial charge in [-0.3, -0.25) is 4.31 Å². The van der Waals surface area contributed by atoms with Gasteiger partial charge in [0.1, 0.15) is 0 Å². The van der Waals surface area contributed by atoms with E-state index in [9.17, 15) is 8.42 Å². The molecule has 0 heterocycles. The van der Waals surface area contributed by atoms with Crippen molar-refractivity contribution >= 4 is 15.7 Å². The Balaban J connectivity index is 2.83. The molecule has 0 spiro atoms. The molecule has 2 aromatic rings. The smallest absolute Gasteiger partial charge is 0.263 e. The average Bonchev–Trinajstić information content (AvgIpc) is 2.65. The molecule has 0 aliphatic carbocycles. The van der Waals surface area contributed by atoms with Gasteiger partial charge in [0.25, 0.3) is 10.0 Å². The van der Waals surface area contributed by atoms with Crippen LogP contribution in [0.3, 0.4) is 0 Å². The van der Waals surface area contributed by atoms with Gasteiger partial charge in [-0.2, -0.15) is 0 Å². The number of sulfonamides is 1. The molecule has 0 saturated carbocycles. The Morgan fingerprint density at radius 2 is 1.38 bits per heavy atom. The first-order valence-corrected chi connectivity index (χ1v) is 11.8. The van der Waals surface area contributed by atoms with Gasteiger partial charge in [-0.15, -0.1) is 6.58 Å². The van der Waals surface area contributed by atoms with Crippen molar-refractivity contribution in [2.75, 3.05) is 10.8 Å². The fourth-order valence-electron chi connectivity index (χ4n) is 3.47. The van der Waals surface area contributed by atoms with Gasteiger partial charge in [-0.25, -0.2) is 8.42 Å². The van der Waals surface area contributed by atoms with E-state index in [2.05, 4.69) is 60.3 Å². The second-order valence-corrected chi connectivity index (χ2v) is 10.5. The maximum atomic E-state index is 14.0. The van der Waals surface area contributed by atoms with Gasteiger partial charge in [0.15, 0.2) is 0 Å². The Morgan fingerprint density at radius 1 is 0.897 bits per heavy atom. The zero-order chi connectivity index (χ0) is 21.9. The minimum Gasteiger partial charge on any atom is -0.263 e. The summed E-state index contributed by atoms with van der Waals surface area (Å²) >= 11 is 0. The standard InChI is InChI=1S/C25H35NO2S/c1-9-14-26(22-12-10-20(8)11-13-22)29(27,28)25-23(18(4)5)15-21(17(2)3)16-24(25)19(6)7/h9-13,15-19H,1,14H2,2-8H3. The molecule has 158 valence electrons. The number of anilines is 1. The molecule has 2 rings (SSSR count). The Bertz CT molecular complexity index is 926. The summed E-state index contributed by atoms with van der Waals surface area (Å²) in [6.45, 7) is 18.6. The largest absolute Gasteiger partial charge is 0.265 e. The Morgan fingerprint density at radius 3 is 1.76 bits per heavy atom. The first kappa shape index (κ1) is 23.2. The minimum absolute atomic E-state index is 0.0968. The lowest BCUT2D eigenvalue weighted by molar-refractivity contribution is 0.587. The molecular weight excluding hydrogens is 378 g/mol. The second-order valence-electron chi connectivity index (χ2n) is 8.65. The van der Waals surface area contributed by atoms with Crippen molar-refractivity contribution in [3.8, 4) is 0 Å². The summed E-state index contributed by atoms with van der Waals surface area (Å²) in [6.07, 6.45) is 1.64. The molecule has 3 nitrogen and oxygen atoms in total. The summed E-state index contributed by atoms with van der Waals surface area (Å²) in [5, 5.41) is 0. The van der Waals surface area contributed by atoms with E-state index in [1.165, 1.54) is 9.87 Å². The van der Waals surface area contributed by atoms with Crippen molar-refractivity contribution in [2.24, 2.45) is 0 Å². The molecule has 0 bridgehead atoms. The summed E-state index contributed by atoms with van der Waals surface area (Å²) in [4.78, 5) is 0.453. The average molecular weight is 414 g/mol.